The molecule has 94 heavy (non-hydrogen) atoms. The summed E-state index contributed by atoms with van der Waals surface area (Å²) in [4.78, 5) is 79.6. The Hall–Kier alpha value is -11.6. The van der Waals surface area contributed by atoms with Gasteiger partial charge in [0.05, 0.1) is 105 Å². The molecule has 4 heterocycles. The van der Waals surface area contributed by atoms with Crippen LogP contribution in [0.1, 0.15) is 88.0 Å². The number of H-pyrrole nitrogens is 2. The Kier molecular flexibility index (Phi) is 23.0. The lowest BCUT2D eigenvalue weighted by molar-refractivity contribution is -0.140. The van der Waals surface area contributed by atoms with Gasteiger partial charge in [-0.1, -0.05) is 23.2 Å². The fraction of sp³-hybridized carbons (Fsp3) is 0.229. The van der Waals surface area contributed by atoms with E-state index in [2.05, 4.69) is 34.2 Å². The fourth-order valence-corrected chi connectivity index (χ4v) is 11.0. The number of halogens is 2. The molecule has 0 unspecified atom stereocenters. The van der Waals surface area contributed by atoms with Crippen LogP contribution >= 0.6 is 23.2 Å². The Morgan fingerprint density at radius 3 is 1.28 bits per heavy atom. The number of hydrogen-bond acceptors (Lipinski definition) is 18. The molecule has 0 amide bonds. The van der Waals surface area contributed by atoms with Crippen LogP contribution in [0.15, 0.2) is 97.1 Å². The molecule has 0 bridgehead atoms. The lowest BCUT2D eigenvalue weighted by Gasteiger charge is -2.08. The fourth-order valence-electron chi connectivity index (χ4n) is 10.7. The van der Waals surface area contributed by atoms with E-state index in [1.54, 1.807) is 105 Å². The number of aromatic amines is 2. The van der Waals surface area contributed by atoms with Gasteiger partial charge in [0, 0.05) is 76.5 Å². The third-order valence-corrected chi connectivity index (χ3v) is 16.0. The van der Waals surface area contributed by atoms with Crippen molar-refractivity contribution in [2.24, 2.45) is 0 Å². The number of rotatable bonds is 14. The van der Waals surface area contributed by atoms with E-state index in [0.29, 0.717) is 105 Å². The number of nitriles is 4. The van der Waals surface area contributed by atoms with Gasteiger partial charge in [-0.3, -0.25) is 37.9 Å². The number of nitrogens with zero attached hydrogens (tertiary/aromatic N) is 6. The second kappa shape index (κ2) is 31.0. The molecule has 480 valence electrons. The SMILES string of the molecule is COC(=O)Cc1c(C)[nH]c2cc(C#N)c(OC)cc12.COC(=O)Cc1c(C)[nH]c2ccc(OC)c(C#N)c12.COC(=O)Cc1c(C)n(C(=O)c2ccc(Cl)cc2)c2cc(C#N)c(OC)cc12.COC(=O)Cc1c(C)n(C(=O)c2ccc(Cl)cc2)c2ccc(OC)c(C#N)c12. The molecule has 10 aromatic rings. The summed E-state index contributed by atoms with van der Waals surface area (Å²) in [6.45, 7) is 7.24. The van der Waals surface area contributed by atoms with Crippen molar-refractivity contribution in [2.75, 3.05) is 56.9 Å². The second-order valence-electron chi connectivity index (χ2n) is 20.6. The summed E-state index contributed by atoms with van der Waals surface area (Å²) in [5.74, 6) is -0.358. The van der Waals surface area contributed by atoms with Crippen LogP contribution in [0.3, 0.4) is 0 Å². The van der Waals surface area contributed by atoms with Gasteiger partial charge in [-0.05, 0) is 147 Å². The molecule has 0 aliphatic rings. The lowest BCUT2D eigenvalue weighted by Crippen LogP contribution is -2.14. The van der Waals surface area contributed by atoms with E-state index < -0.39 is 11.9 Å². The number of esters is 4. The van der Waals surface area contributed by atoms with Crippen LogP contribution in [0, 0.1) is 73.0 Å². The quantitative estimate of drug-likeness (QED) is 0.0754. The van der Waals surface area contributed by atoms with E-state index in [1.165, 1.54) is 66.0 Å². The first-order valence-electron chi connectivity index (χ1n) is 28.3. The third-order valence-electron chi connectivity index (χ3n) is 15.5. The maximum absolute atomic E-state index is 13.2. The van der Waals surface area contributed by atoms with Crippen molar-refractivity contribution < 1.29 is 66.7 Å². The zero-order valence-electron chi connectivity index (χ0n) is 53.2. The Bertz CT molecular complexity index is 4730. The number of methoxy groups -OCH3 is 8. The molecule has 22 nitrogen and oxygen atoms in total. The molecule has 0 spiro atoms. The average molecular weight is 1310 g/mol. The minimum atomic E-state index is -0.465. The van der Waals surface area contributed by atoms with Gasteiger partial charge >= 0.3 is 23.9 Å². The van der Waals surface area contributed by atoms with E-state index in [1.807, 2.05) is 19.9 Å². The molecule has 0 fully saturated rings. The number of carbonyl (C=O) groups excluding carboxylic acids is 6. The van der Waals surface area contributed by atoms with Crippen LogP contribution < -0.4 is 18.9 Å². The zero-order valence-corrected chi connectivity index (χ0v) is 54.7. The summed E-state index contributed by atoms with van der Waals surface area (Å²) in [5, 5.41) is 41.3. The maximum Gasteiger partial charge on any atom is 0.310 e. The number of benzene rings is 6. The van der Waals surface area contributed by atoms with Crippen LogP contribution in [0.5, 0.6) is 23.0 Å². The normalized spacial score (nSPS) is 10.4. The molecule has 24 heteroatoms. The van der Waals surface area contributed by atoms with Crippen LogP contribution in [-0.2, 0) is 63.8 Å². The van der Waals surface area contributed by atoms with Crippen molar-refractivity contribution >= 4 is 103 Å². The minimum Gasteiger partial charge on any atom is -0.495 e. The summed E-state index contributed by atoms with van der Waals surface area (Å²) >= 11 is 11.8. The summed E-state index contributed by atoms with van der Waals surface area (Å²) in [6, 6.07) is 35.1. The number of nitrogens with one attached hydrogen (secondary N) is 2. The maximum atomic E-state index is 13.2. The van der Waals surface area contributed by atoms with E-state index in [9.17, 15) is 44.6 Å². The second-order valence-corrected chi connectivity index (χ2v) is 21.5. The number of carbonyl (C=O) groups is 6. The molecule has 10 rings (SSSR count). The molecule has 4 aromatic heterocycles. The molecule has 6 aromatic carbocycles. The van der Waals surface area contributed by atoms with Crippen LogP contribution in [0.25, 0.3) is 43.6 Å². The molecule has 0 saturated carbocycles. The number of ether oxygens (including phenoxy) is 8. The molecule has 0 radical (unpaired) electrons. The summed E-state index contributed by atoms with van der Waals surface area (Å²) in [7, 11) is 11.3. The monoisotopic (exact) mass is 1310 g/mol. The lowest BCUT2D eigenvalue weighted by atomic mass is 10.0. The van der Waals surface area contributed by atoms with Crippen molar-refractivity contribution in [3.05, 3.63) is 186 Å². The van der Waals surface area contributed by atoms with Gasteiger partial charge in [0.15, 0.2) is 0 Å². The molecule has 2 N–H and O–H groups in total. The number of aryl methyl sites for hydroxylation is 2. The predicted octanol–water partition coefficient (Wildman–Crippen LogP) is 11.9. The number of hydrogen-bond donors (Lipinski definition) is 2. The molecule has 0 saturated heterocycles. The highest BCUT2D eigenvalue weighted by atomic mass is 35.5. The van der Waals surface area contributed by atoms with E-state index in [0.717, 1.165) is 44.3 Å². The minimum absolute atomic E-state index is 0.00517. The summed E-state index contributed by atoms with van der Waals surface area (Å²) in [6.07, 6.45) is 0.248. The highest BCUT2D eigenvalue weighted by molar-refractivity contribution is 6.31. The molecule has 0 aliphatic carbocycles. The van der Waals surface area contributed by atoms with Crippen LogP contribution in [-0.4, -0.2) is 112 Å². The van der Waals surface area contributed by atoms with Crippen LogP contribution in [0.4, 0.5) is 0 Å². The smallest absolute Gasteiger partial charge is 0.310 e. The van der Waals surface area contributed by atoms with E-state index in [4.69, 9.17) is 66.4 Å². The zero-order chi connectivity index (χ0) is 68.8. The Morgan fingerprint density at radius 1 is 0.415 bits per heavy atom. The van der Waals surface area contributed by atoms with Gasteiger partial charge in [-0.2, -0.15) is 21.0 Å². The largest absolute Gasteiger partial charge is 0.495 e. The third kappa shape index (κ3) is 14.6. The number of aromatic nitrogens is 4. The predicted molar refractivity (Wildman–Crippen MR) is 350 cm³/mol. The highest BCUT2D eigenvalue weighted by Gasteiger charge is 2.27. The van der Waals surface area contributed by atoms with E-state index >= 15 is 0 Å². The first-order valence-corrected chi connectivity index (χ1v) is 29.1. The standard InChI is InChI=1S/2C21H17ClN2O4.2C14H14N2O3/c1-12-16(10-20(25)28-3)17-9-19(27-2)14(11-23)8-18(17)24(12)21(26)13-4-6-15(22)7-5-13;1-12-15(10-19(25)28-3)20-16(11-23)18(27-2)9-8-17(20)24(12)21(26)13-4-6-14(22)7-5-13;1-8-10(6-14(17)19-3)11-5-13(18-2)9(7-15)4-12(11)16-8;1-8-9(6-13(17)19-3)14-10(7-15)12(18-2)5-4-11(14)16-8/h2*4-9H,10H2,1-3H3;2*4-5,16H,6H2,1-3H3. The van der Waals surface area contributed by atoms with Gasteiger partial charge in [-0.15, -0.1) is 0 Å². The first-order chi connectivity index (χ1) is 45.0. The Balaban J connectivity index is 0.000000180. The van der Waals surface area contributed by atoms with Crippen molar-refractivity contribution in [1.29, 1.82) is 21.0 Å². The van der Waals surface area contributed by atoms with Gasteiger partial charge in [0.1, 0.15) is 58.4 Å². The topological polar surface area (TPSA) is 313 Å². The first kappa shape index (κ1) is 69.9. The van der Waals surface area contributed by atoms with Gasteiger partial charge in [0.2, 0.25) is 0 Å². The van der Waals surface area contributed by atoms with Gasteiger partial charge < -0.3 is 47.9 Å². The van der Waals surface area contributed by atoms with Gasteiger partial charge in [-0.25, -0.2) is 0 Å². The van der Waals surface area contributed by atoms with Crippen molar-refractivity contribution in [3.63, 3.8) is 0 Å². The summed E-state index contributed by atoms with van der Waals surface area (Å²) < 4.78 is 42.9. The van der Waals surface area contributed by atoms with Crippen molar-refractivity contribution in [3.8, 4) is 47.3 Å². The van der Waals surface area contributed by atoms with Crippen molar-refractivity contribution in [1.82, 2.24) is 19.1 Å². The Labute approximate surface area is 549 Å². The molecule has 0 atom stereocenters. The highest BCUT2D eigenvalue weighted by Crippen LogP contribution is 2.38. The van der Waals surface area contributed by atoms with E-state index in [-0.39, 0.29) is 55.0 Å². The Morgan fingerprint density at radius 2 is 0.809 bits per heavy atom. The number of fused-ring (bicyclic) bond motifs is 4. The van der Waals surface area contributed by atoms with Crippen molar-refractivity contribution in [2.45, 2.75) is 53.4 Å². The molecular weight excluding hydrogens is 1250 g/mol. The van der Waals surface area contributed by atoms with Gasteiger partial charge in [0.25, 0.3) is 11.8 Å². The van der Waals surface area contributed by atoms with Crippen LogP contribution in [0.2, 0.25) is 10.0 Å². The average Bonchev–Trinajstić information content (AvgIpc) is 1.60. The summed E-state index contributed by atoms with van der Waals surface area (Å²) in [5.41, 5.74) is 10.7. The molecule has 0 aliphatic heterocycles. The molecular formula is C70H62Cl2N8O14.